The fourth-order valence-corrected chi connectivity index (χ4v) is 2.37. The zero-order valence-corrected chi connectivity index (χ0v) is 9.92. The summed E-state index contributed by atoms with van der Waals surface area (Å²) in [4.78, 5) is -1.18. The lowest BCUT2D eigenvalue weighted by Gasteiger charge is -2.11. The van der Waals surface area contributed by atoms with Gasteiger partial charge >= 0.3 is 0 Å². The molecule has 6 nitrogen and oxygen atoms in total. The number of rotatable bonds is 5. The third kappa shape index (κ3) is 3.35. The molecule has 0 saturated heterocycles. The van der Waals surface area contributed by atoms with Gasteiger partial charge in [0.1, 0.15) is 11.6 Å². The zero-order chi connectivity index (χ0) is 13.9. The minimum Gasteiger partial charge on any atom is -0.399 e. The van der Waals surface area contributed by atoms with Crippen LogP contribution in [0, 0.1) is 11.6 Å². The van der Waals surface area contributed by atoms with Crippen LogP contribution in [0.5, 0.6) is 0 Å². The Morgan fingerprint density at radius 3 is 2.28 bits per heavy atom. The minimum absolute atomic E-state index is 0.251. The normalized spacial score (nSPS) is 13.6. The van der Waals surface area contributed by atoms with Crippen molar-refractivity contribution < 1.29 is 27.4 Å². The molecule has 1 atom stereocenters. The van der Waals surface area contributed by atoms with Gasteiger partial charge in [-0.15, -0.1) is 0 Å². The van der Waals surface area contributed by atoms with Crippen LogP contribution < -0.4 is 10.5 Å². The summed E-state index contributed by atoms with van der Waals surface area (Å²) in [5, 5.41) is 17.5. The summed E-state index contributed by atoms with van der Waals surface area (Å²) in [5.74, 6) is -2.67. The summed E-state index contributed by atoms with van der Waals surface area (Å²) in [6.07, 6.45) is -1.36. The Hall–Kier alpha value is -1.29. The first-order valence-corrected chi connectivity index (χ1v) is 6.29. The number of nitrogen functional groups attached to an aromatic ring is 1. The highest BCUT2D eigenvalue weighted by Crippen LogP contribution is 2.21. The molecule has 102 valence electrons. The van der Waals surface area contributed by atoms with Gasteiger partial charge in [-0.1, -0.05) is 0 Å². The summed E-state index contributed by atoms with van der Waals surface area (Å²) in [6, 6.07) is 1.33. The van der Waals surface area contributed by atoms with Gasteiger partial charge in [0.05, 0.1) is 12.7 Å². The van der Waals surface area contributed by atoms with Gasteiger partial charge < -0.3 is 15.9 Å². The topological polar surface area (TPSA) is 113 Å². The van der Waals surface area contributed by atoms with Crippen LogP contribution in [0.4, 0.5) is 14.5 Å². The van der Waals surface area contributed by atoms with E-state index >= 15 is 0 Å². The SMILES string of the molecule is Nc1cc(F)c(S(=O)(=O)NCC(O)CO)c(F)c1. The van der Waals surface area contributed by atoms with Gasteiger partial charge in [-0.2, -0.15) is 0 Å². The summed E-state index contributed by atoms with van der Waals surface area (Å²) in [5.41, 5.74) is 4.90. The molecule has 0 aromatic heterocycles. The van der Waals surface area contributed by atoms with Crippen LogP contribution in [0.15, 0.2) is 17.0 Å². The molecule has 0 saturated carbocycles. The highest BCUT2D eigenvalue weighted by Gasteiger charge is 2.25. The fourth-order valence-electron chi connectivity index (χ4n) is 1.18. The molecule has 0 aliphatic heterocycles. The van der Waals surface area contributed by atoms with E-state index in [-0.39, 0.29) is 5.69 Å². The van der Waals surface area contributed by atoms with Crippen molar-refractivity contribution in [3.8, 4) is 0 Å². The molecule has 0 radical (unpaired) electrons. The van der Waals surface area contributed by atoms with Crippen LogP contribution in [-0.4, -0.2) is 37.9 Å². The summed E-state index contributed by atoms with van der Waals surface area (Å²) < 4.78 is 51.7. The zero-order valence-electron chi connectivity index (χ0n) is 9.10. The van der Waals surface area contributed by atoms with E-state index in [4.69, 9.17) is 15.9 Å². The monoisotopic (exact) mass is 282 g/mol. The van der Waals surface area contributed by atoms with Crippen molar-refractivity contribution in [1.29, 1.82) is 0 Å². The van der Waals surface area contributed by atoms with Crippen LogP contribution in [0.2, 0.25) is 0 Å². The Morgan fingerprint density at radius 1 is 1.33 bits per heavy atom. The molecule has 0 amide bonds. The number of sulfonamides is 1. The molecule has 0 aliphatic rings. The van der Waals surface area contributed by atoms with Gasteiger partial charge in [-0.05, 0) is 12.1 Å². The van der Waals surface area contributed by atoms with E-state index in [1.54, 1.807) is 4.72 Å². The number of halogens is 2. The third-order valence-corrected chi connectivity index (χ3v) is 3.48. The summed E-state index contributed by atoms with van der Waals surface area (Å²) in [7, 11) is -4.47. The largest absolute Gasteiger partial charge is 0.399 e. The molecule has 9 heteroatoms. The van der Waals surface area contributed by atoms with Gasteiger partial charge in [0.2, 0.25) is 10.0 Å². The van der Waals surface area contributed by atoms with Crippen molar-refractivity contribution in [3.63, 3.8) is 0 Å². The number of benzene rings is 1. The predicted octanol–water partition coefficient (Wildman–Crippen LogP) is -0.822. The van der Waals surface area contributed by atoms with Crippen LogP contribution in [0.25, 0.3) is 0 Å². The Labute approximate surface area is 102 Å². The Morgan fingerprint density at radius 2 is 1.83 bits per heavy atom. The van der Waals surface area contributed by atoms with E-state index in [0.29, 0.717) is 12.1 Å². The molecule has 5 N–H and O–H groups in total. The van der Waals surface area contributed by atoms with Crippen molar-refractivity contribution in [2.75, 3.05) is 18.9 Å². The lowest BCUT2D eigenvalue weighted by molar-refractivity contribution is 0.0988. The van der Waals surface area contributed by atoms with Crippen molar-refractivity contribution in [3.05, 3.63) is 23.8 Å². The van der Waals surface area contributed by atoms with E-state index in [2.05, 4.69) is 0 Å². The Bertz CT molecular complexity index is 512. The third-order valence-electron chi connectivity index (χ3n) is 2.01. The Balaban J connectivity index is 3.06. The summed E-state index contributed by atoms with van der Waals surface area (Å²) in [6.45, 7) is -1.25. The molecular weight excluding hydrogens is 270 g/mol. The molecule has 0 aliphatic carbocycles. The number of anilines is 1. The average molecular weight is 282 g/mol. The maximum atomic E-state index is 13.4. The maximum Gasteiger partial charge on any atom is 0.246 e. The lowest BCUT2D eigenvalue weighted by atomic mass is 10.3. The van der Waals surface area contributed by atoms with Gasteiger partial charge in [0.25, 0.3) is 0 Å². The first-order valence-electron chi connectivity index (χ1n) is 4.81. The van der Waals surface area contributed by atoms with E-state index in [0.717, 1.165) is 0 Å². The van der Waals surface area contributed by atoms with Gasteiger partial charge in [0, 0.05) is 12.2 Å². The smallest absolute Gasteiger partial charge is 0.246 e. The first kappa shape index (κ1) is 14.8. The molecule has 0 bridgehead atoms. The van der Waals surface area contributed by atoms with E-state index < -0.39 is 45.8 Å². The number of nitrogens with two attached hydrogens (primary N) is 1. The molecule has 0 fully saturated rings. The van der Waals surface area contributed by atoms with Crippen molar-refractivity contribution in [2.45, 2.75) is 11.0 Å². The minimum atomic E-state index is -4.47. The van der Waals surface area contributed by atoms with Crippen LogP contribution >= 0.6 is 0 Å². The number of hydrogen-bond donors (Lipinski definition) is 4. The number of hydrogen-bond acceptors (Lipinski definition) is 5. The quantitative estimate of drug-likeness (QED) is 0.527. The predicted molar refractivity (Wildman–Crippen MR) is 59.1 cm³/mol. The van der Waals surface area contributed by atoms with E-state index in [1.165, 1.54) is 0 Å². The number of aliphatic hydroxyl groups excluding tert-OH is 2. The lowest BCUT2D eigenvalue weighted by Crippen LogP contribution is -2.34. The average Bonchev–Trinajstić information content (AvgIpc) is 2.24. The van der Waals surface area contributed by atoms with Crippen LogP contribution in [0.3, 0.4) is 0 Å². The number of aliphatic hydroxyl groups is 2. The van der Waals surface area contributed by atoms with E-state index in [9.17, 15) is 17.2 Å². The maximum absolute atomic E-state index is 13.4. The van der Waals surface area contributed by atoms with Crippen molar-refractivity contribution >= 4 is 15.7 Å². The number of nitrogens with one attached hydrogen (secondary N) is 1. The van der Waals surface area contributed by atoms with Gasteiger partial charge in [0.15, 0.2) is 4.90 Å². The van der Waals surface area contributed by atoms with Gasteiger partial charge in [-0.3, -0.25) is 0 Å². The second kappa shape index (κ2) is 5.57. The van der Waals surface area contributed by atoms with Crippen molar-refractivity contribution in [1.82, 2.24) is 4.72 Å². The highest BCUT2D eigenvalue weighted by molar-refractivity contribution is 7.89. The molecule has 0 heterocycles. The van der Waals surface area contributed by atoms with Crippen LogP contribution in [-0.2, 0) is 10.0 Å². The Kier molecular flexibility index (Phi) is 4.57. The fraction of sp³-hybridized carbons (Fsp3) is 0.333. The molecule has 18 heavy (non-hydrogen) atoms. The molecule has 1 unspecified atom stereocenters. The second-order valence-electron chi connectivity index (χ2n) is 3.50. The molecule has 1 aromatic rings. The van der Waals surface area contributed by atoms with Crippen LogP contribution in [0.1, 0.15) is 0 Å². The van der Waals surface area contributed by atoms with Crippen molar-refractivity contribution in [2.24, 2.45) is 0 Å². The molecule has 0 spiro atoms. The van der Waals surface area contributed by atoms with E-state index in [1.807, 2.05) is 0 Å². The standard InChI is InChI=1S/C9H12F2N2O4S/c10-7-1-5(12)2-8(11)9(7)18(16,17)13-3-6(15)4-14/h1-2,6,13-15H,3-4,12H2. The van der Waals surface area contributed by atoms with Gasteiger partial charge in [-0.25, -0.2) is 21.9 Å². The molecular formula is C9H12F2N2O4S. The highest BCUT2D eigenvalue weighted by atomic mass is 32.2. The molecule has 1 aromatic carbocycles. The summed E-state index contributed by atoms with van der Waals surface area (Å²) >= 11 is 0. The molecule has 1 rings (SSSR count). The second-order valence-corrected chi connectivity index (χ2v) is 5.21. The first-order chi connectivity index (χ1) is 8.27.